The maximum absolute atomic E-state index is 12.9. The second kappa shape index (κ2) is 5.88. The summed E-state index contributed by atoms with van der Waals surface area (Å²) in [5.74, 6) is 0. The van der Waals surface area contributed by atoms with Gasteiger partial charge < -0.3 is 0 Å². The van der Waals surface area contributed by atoms with Crippen LogP contribution in [0.25, 0.3) is 0 Å². The van der Waals surface area contributed by atoms with Crippen molar-refractivity contribution in [3.63, 3.8) is 0 Å². The van der Waals surface area contributed by atoms with Gasteiger partial charge in [-0.25, -0.2) is 16.8 Å². The summed E-state index contributed by atoms with van der Waals surface area (Å²) in [6.07, 6.45) is -13.5. The minimum atomic E-state index is -6.82. The van der Waals surface area contributed by atoms with E-state index in [1.165, 1.54) is 0 Å². The monoisotopic (exact) mass is 422 g/mol. The van der Waals surface area contributed by atoms with E-state index in [0.717, 1.165) is 0 Å². The summed E-state index contributed by atoms with van der Waals surface area (Å²) in [7, 11) is -13.6. The van der Waals surface area contributed by atoms with Crippen LogP contribution >= 0.6 is 0 Å². The Labute approximate surface area is 128 Å². The number of halogens is 10. The largest absolute Gasteiger partial charge is 0.469 e. The van der Waals surface area contributed by atoms with Gasteiger partial charge in [-0.2, -0.15) is 43.9 Å². The first-order valence-electron chi connectivity index (χ1n) is 5.42. The number of hydrogen-bond donors (Lipinski definition) is 0. The second-order valence-corrected chi connectivity index (χ2v) is 9.22. The molecule has 0 spiro atoms. The minimum Gasteiger partial charge on any atom is -0.222 e. The van der Waals surface area contributed by atoms with Crippen LogP contribution in [0.2, 0.25) is 0 Å². The highest BCUT2D eigenvalue weighted by Crippen LogP contribution is 2.46. The van der Waals surface area contributed by atoms with Crippen molar-refractivity contribution in [2.45, 2.75) is 47.2 Å². The van der Waals surface area contributed by atoms with E-state index in [2.05, 4.69) is 0 Å². The molecule has 0 amide bonds. The molecule has 0 aromatic rings. The smallest absolute Gasteiger partial charge is 0.222 e. The molecular formula is C8H8F10O4S2. The van der Waals surface area contributed by atoms with Gasteiger partial charge in [0.1, 0.15) is 0 Å². The van der Waals surface area contributed by atoms with Gasteiger partial charge in [-0.05, 0) is 13.8 Å². The van der Waals surface area contributed by atoms with Crippen LogP contribution in [0, 0.1) is 0 Å². The lowest BCUT2D eigenvalue weighted by Crippen LogP contribution is -2.55. The van der Waals surface area contributed by atoms with Crippen molar-refractivity contribution < 1.29 is 60.7 Å². The van der Waals surface area contributed by atoms with Crippen molar-refractivity contribution in [3.05, 3.63) is 0 Å². The highest BCUT2D eigenvalue weighted by molar-refractivity contribution is 7.97. The van der Waals surface area contributed by atoms with Gasteiger partial charge in [0.2, 0.25) is 19.7 Å². The first-order valence-corrected chi connectivity index (χ1v) is 8.52. The van der Waals surface area contributed by atoms with Gasteiger partial charge in [-0.15, -0.1) is 0 Å². The summed E-state index contributed by atoms with van der Waals surface area (Å²) in [5, 5.41) is -20.0. The third-order valence-electron chi connectivity index (χ3n) is 3.01. The van der Waals surface area contributed by atoms with Gasteiger partial charge >= 0.3 is 22.9 Å². The standard InChI is InChI=1S/C8H8F10O4S2/c1-3(23(19,20)7(15,16)5(9,10)11)4(2)24(21,22)8(17,18)6(12,13)14/h3-4H,1-2H3. The van der Waals surface area contributed by atoms with E-state index in [1.54, 1.807) is 0 Å². The SMILES string of the molecule is CC(C(C)S(=O)(=O)C(F)(F)C(F)(F)F)S(=O)(=O)C(F)(F)C(F)(F)F. The third kappa shape index (κ3) is 3.30. The Hall–Kier alpha value is -0.800. The van der Waals surface area contributed by atoms with Crippen LogP contribution in [-0.2, 0) is 19.7 Å². The summed E-state index contributed by atoms with van der Waals surface area (Å²) < 4.78 is 169. The van der Waals surface area contributed by atoms with E-state index in [-0.39, 0.29) is 13.8 Å². The highest BCUT2D eigenvalue weighted by Gasteiger charge is 2.72. The average molecular weight is 422 g/mol. The van der Waals surface area contributed by atoms with Crippen LogP contribution in [0.5, 0.6) is 0 Å². The van der Waals surface area contributed by atoms with Crippen molar-refractivity contribution in [1.82, 2.24) is 0 Å². The maximum atomic E-state index is 12.9. The molecule has 0 bridgehead atoms. The molecule has 4 nitrogen and oxygen atoms in total. The Bertz CT molecular complexity index is 613. The van der Waals surface area contributed by atoms with Gasteiger partial charge in [0.05, 0.1) is 10.5 Å². The predicted octanol–water partition coefficient (Wildman–Crippen LogP) is 2.90. The van der Waals surface area contributed by atoms with Crippen LogP contribution < -0.4 is 0 Å². The van der Waals surface area contributed by atoms with E-state index in [9.17, 15) is 60.7 Å². The summed E-state index contributed by atoms with van der Waals surface area (Å²) >= 11 is 0. The summed E-state index contributed by atoms with van der Waals surface area (Å²) in [4.78, 5) is 0. The van der Waals surface area contributed by atoms with Crippen LogP contribution in [0.3, 0.4) is 0 Å². The van der Waals surface area contributed by atoms with E-state index in [4.69, 9.17) is 0 Å². The Morgan fingerprint density at radius 3 is 0.833 bits per heavy atom. The third-order valence-corrected chi connectivity index (χ3v) is 7.85. The lowest BCUT2D eigenvalue weighted by molar-refractivity contribution is -0.242. The Morgan fingerprint density at radius 1 is 0.542 bits per heavy atom. The Morgan fingerprint density at radius 2 is 0.708 bits per heavy atom. The molecule has 0 N–H and O–H groups in total. The van der Waals surface area contributed by atoms with Gasteiger partial charge in [0.25, 0.3) is 0 Å². The highest BCUT2D eigenvalue weighted by atomic mass is 32.2. The zero-order chi connectivity index (χ0) is 20.2. The number of sulfone groups is 2. The summed E-state index contributed by atoms with van der Waals surface area (Å²) in [5.41, 5.74) is 0. The van der Waals surface area contributed by atoms with Gasteiger partial charge in [0, 0.05) is 0 Å². The maximum Gasteiger partial charge on any atom is 0.469 e. The topological polar surface area (TPSA) is 68.3 Å². The molecule has 0 radical (unpaired) electrons. The average Bonchev–Trinajstić information content (AvgIpc) is 2.33. The minimum absolute atomic E-state index is 0.149. The molecule has 2 atom stereocenters. The molecule has 0 heterocycles. The number of rotatable bonds is 5. The quantitative estimate of drug-likeness (QED) is 0.640. The molecule has 16 heteroatoms. The Balaban J connectivity index is 6.15. The Kier molecular flexibility index (Phi) is 5.68. The molecule has 0 saturated heterocycles. The summed E-state index contributed by atoms with van der Waals surface area (Å²) in [6, 6.07) is 0. The summed E-state index contributed by atoms with van der Waals surface area (Å²) in [6.45, 7) is -0.298. The molecule has 0 aliphatic carbocycles. The molecule has 0 aromatic carbocycles. The van der Waals surface area contributed by atoms with E-state index >= 15 is 0 Å². The van der Waals surface area contributed by atoms with Crippen molar-refractivity contribution in [2.75, 3.05) is 0 Å². The fourth-order valence-electron chi connectivity index (χ4n) is 1.29. The fraction of sp³-hybridized carbons (Fsp3) is 1.00. The van der Waals surface area contributed by atoms with E-state index in [1.807, 2.05) is 0 Å². The van der Waals surface area contributed by atoms with Crippen molar-refractivity contribution in [2.24, 2.45) is 0 Å². The lowest BCUT2D eigenvalue weighted by Gasteiger charge is -2.29. The normalized spacial score (nSPS) is 18.3. The van der Waals surface area contributed by atoms with Crippen LogP contribution in [0.4, 0.5) is 43.9 Å². The molecular weight excluding hydrogens is 414 g/mol. The van der Waals surface area contributed by atoms with Crippen LogP contribution in [0.1, 0.15) is 13.8 Å². The zero-order valence-electron chi connectivity index (χ0n) is 11.4. The molecule has 0 saturated carbocycles. The van der Waals surface area contributed by atoms with Crippen molar-refractivity contribution in [1.29, 1.82) is 0 Å². The molecule has 0 aliphatic heterocycles. The molecule has 2 unspecified atom stereocenters. The van der Waals surface area contributed by atoms with Crippen molar-refractivity contribution in [3.8, 4) is 0 Å². The molecule has 0 aromatic heterocycles. The van der Waals surface area contributed by atoms with Gasteiger partial charge in [-0.1, -0.05) is 0 Å². The van der Waals surface area contributed by atoms with Crippen LogP contribution in [0.15, 0.2) is 0 Å². The first kappa shape index (κ1) is 23.2. The van der Waals surface area contributed by atoms with Crippen LogP contribution in [-0.4, -0.2) is 50.2 Å². The molecule has 0 aliphatic rings. The lowest BCUT2D eigenvalue weighted by atomic mass is 10.4. The second-order valence-electron chi connectivity index (χ2n) is 4.53. The molecule has 24 heavy (non-hydrogen) atoms. The van der Waals surface area contributed by atoms with Gasteiger partial charge in [0.15, 0.2) is 0 Å². The van der Waals surface area contributed by atoms with Gasteiger partial charge in [-0.3, -0.25) is 0 Å². The first-order chi connectivity index (χ1) is 10.1. The predicted molar refractivity (Wildman–Crippen MR) is 58.8 cm³/mol. The number of alkyl halides is 10. The van der Waals surface area contributed by atoms with E-state index in [0.29, 0.717) is 0 Å². The number of hydrogen-bond acceptors (Lipinski definition) is 4. The molecule has 0 rings (SSSR count). The zero-order valence-corrected chi connectivity index (χ0v) is 13.0. The fourth-order valence-corrected chi connectivity index (χ4v) is 4.76. The van der Waals surface area contributed by atoms with E-state index < -0.39 is 53.0 Å². The molecule has 146 valence electrons. The molecule has 0 fully saturated rings. The van der Waals surface area contributed by atoms with Crippen molar-refractivity contribution >= 4 is 19.7 Å².